The predicted molar refractivity (Wildman–Crippen MR) is 144 cm³/mol. The van der Waals surface area contributed by atoms with E-state index in [9.17, 15) is 13.6 Å². The van der Waals surface area contributed by atoms with Crippen LogP contribution >= 0.6 is 11.6 Å². The van der Waals surface area contributed by atoms with Gasteiger partial charge in [0.2, 0.25) is 0 Å². The number of nitrogens with zero attached hydrogens (tertiary/aromatic N) is 7. The highest BCUT2D eigenvalue weighted by Gasteiger charge is 2.62. The third kappa shape index (κ3) is 4.82. The fraction of sp³-hybridized carbons (Fsp3) is 0.630. The SMILES string of the molecule is CC[C@@H]1CN(c2nc(=O)n(C)c3c2nnn3C[C@H]2CCCO2)[C@@H](C)CN1[C@H](c1ccc(Cl)cc1)[C@@H]1CC1(F)F. The van der Waals surface area contributed by atoms with E-state index in [1.54, 1.807) is 23.9 Å². The number of aryl methyl sites for hydroxylation is 1. The van der Waals surface area contributed by atoms with Gasteiger partial charge in [-0.15, -0.1) is 5.10 Å². The third-order valence-corrected chi connectivity index (χ3v) is 8.83. The first kappa shape index (κ1) is 26.6. The number of benzene rings is 1. The molecule has 39 heavy (non-hydrogen) atoms. The molecule has 2 aliphatic heterocycles. The van der Waals surface area contributed by atoms with Crippen molar-refractivity contribution in [3.05, 3.63) is 45.3 Å². The minimum absolute atomic E-state index is 0.0267. The topological polar surface area (TPSA) is 81.3 Å². The number of piperazine rings is 1. The van der Waals surface area contributed by atoms with E-state index in [0.29, 0.717) is 41.6 Å². The van der Waals surface area contributed by atoms with Crippen molar-refractivity contribution >= 4 is 28.6 Å². The Morgan fingerprint density at radius 3 is 2.62 bits per heavy atom. The summed E-state index contributed by atoms with van der Waals surface area (Å²) in [4.78, 5) is 21.8. The lowest BCUT2D eigenvalue weighted by atomic mass is 9.94. The molecule has 3 aliphatic rings. The second-order valence-corrected chi connectivity index (χ2v) is 11.6. The Morgan fingerprint density at radius 2 is 1.97 bits per heavy atom. The number of fused-ring (bicyclic) bond motifs is 1. The van der Waals surface area contributed by atoms with Crippen LogP contribution in [0.25, 0.3) is 11.2 Å². The zero-order valence-electron chi connectivity index (χ0n) is 22.4. The molecule has 9 nitrogen and oxygen atoms in total. The predicted octanol–water partition coefficient (Wildman–Crippen LogP) is 4.04. The standard InChI is InChI=1S/C27H34ClF2N7O2/c1-4-19-14-35(16(2)13-36(19)23(21-12-27(21,29)30)17-7-9-18(28)10-8-17)24-22-25(34(3)26(38)31-24)37(33-32-22)15-20-6-5-11-39-20/h7-10,16,19-21,23H,4-6,11-15H2,1-3H3/t16-,19+,20+,21-,23+/m0/s1. The Morgan fingerprint density at radius 1 is 1.23 bits per heavy atom. The van der Waals surface area contributed by atoms with E-state index < -0.39 is 17.9 Å². The Kier molecular flexibility index (Phi) is 6.87. The molecule has 0 N–H and O–H groups in total. The molecule has 0 unspecified atom stereocenters. The van der Waals surface area contributed by atoms with Crippen molar-refractivity contribution in [3.8, 4) is 0 Å². The summed E-state index contributed by atoms with van der Waals surface area (Å²) in [5.41, 5.74) is 1.65. The first-order valence-corrected chi connectivity index (χ1v) is 14.1. The smallest absolute Gasteiger partial charge is 0.351 e. The molecule has 3 aromatic rings. The van der Waals surface area contributed by atoms with Crippen LogP contribution in [0, 0.1) is 5.92 Å². The highest BCUT2D eigenvalue weighted by molar-refractivity contribution is 6.30. The van der Waals surface area contributed by atoms with Gasteiger partial charge in [0.05, 0.1) is 12.6 Å². The maximum absolute atomic E-state index is 14.5. The summed E-state index contributed by atoms with van der Waals surface area (Å²) < 4.78 is 38.0. The molecule has 210 valence electrons. The maximum Gasteiger partial charge on any atom is 0.351 e. The van der Waals surface area contributed by atoms with Gasteiger partial charge >= 0.3 is 5.69 Å². The van der Waals surface area contributed by atoms with Crippen molar-refractivity contribution < 1.29 is 13.5 Å². The zero-order valence-corrected chi connectivity index (χ0v) is 23.2. The number of ether oxygens (including phenoxy) is 1. The monoisotopic (exact) mass is 561 g/mol. The lowest BCUT2D eigenvalue weighted by Crippen LogP contribution is -2.59. The first-order valence-electron chi connectivity index (χ1n) is 13.8. The van der Waals surface area contributed by atoms with Crippen LogP contribution in [-0.4, -0.2) is 73.3 Å². The molecular formula is C27H34ClF2N7O2. The molecule has 12 heteroatoms. The fourth-order valence-electron chi connectivity index (χ4n) is 6.35. The fourth-order valence-corrected chi connectivity index (χ4v) is 6.48. The van der Waals surface area contributed by atoms with Gasteiger partial charge in [-0.3, -0.25) is 9.47 Å². The Bertz CT molecular complexity index is 1410. The van der Waals surface area contributed by atoms with Gasteiger partial charge < -0.3 is 9.64 Å². The van der Waals surface area contributed by atoms with Crippen LogP contribution in [0.3, 0.4) is 0 Å². The summed E-state index contributed by atoms with van der Waals surface area (Å²) in [7, 11) is 1.68. The molecule has 3 fully saturated rings. The molecule has 5 atom stereocenters. The van der Waals surface area contributed by atoms with Crippen molar-refractivity contribution in [2.24, 2.45) is 13.0 Å². The number of halogens is 3. The molecule has 1 aliphatic carbocycles. The third-order valence-electron chi connectivity index (χ3n) is 8.58. The van der Waals surface area contributed by atoms with Gasteiger partial charge in [0.1, 0.15) is 0 Å². The minimum Gasteiger partial charge on any atom is -0.376 e. The Labute approximate surface area is 230 Å². The van der Waals surface area contributed by atoms with Crippen molar-refractivity contribution in [2.75, 3.05) is 24.6 Å². The van der Waals surface area contributed by atoms with Gasteiger partial charge in [-0.25, -0.2) is 18.3 Å². The Balaban J connectivity index is 1.34. The largest absolute Gasteiger partial charge is 0.376 e. The van der Waals surface area contributed by atoms with E-state index in [2.05, 4.69) is 32.0 Å². The maximum atomic E-state index is 14.5. The minimum atomic E-state index is -2.68. The van der Waals surface area contributed by atoms with Crippen molar-refractivity contribution in [1.82, 2.24) is 29.4 Å². The Hall–Kier alpha value is -2.63. The number of rotatable bonds is 7. The van der Waals surface area contributed by atoms with Crippen LogP contribution < -0.4 is 10.6 Å². The van der Waals surface area contributed by atoms with Crippen LogP contribution in [0.5, 0.6) is 0 Å². The van der Waals surface area contributed by atoms with E-state index in [4.69, 9.17) is 16.3 Å². The summed E-state index contributed by atoms with van der Waals surface area (Å²) in [5.74, 6) is -2.92. The number of anilines is 1. The summed E-state index contributed by atoms with van der Waals surface area (Å²) in [6.45, 7) is 6.44. The lowest BCUT2D eigenvalue weighted by Gasteiger charge is -2.49. The summed E-state index contributed by atoms with van der Waals surface area (Å²) >= 11 is 6.12. The molecule has 0 spiro atoms. The molecule has 0 bridgehead atoms. The van der Waals surface area contributed by atoms with Gasteiger partial charge in [0, 0.05) is 62.2 Å². The second-order valence-electron chi connectivity index (χ2n) is 11.2. The number of aromatic nitrogens is 5. The van der Waals surface area contributed by atoms with Crippen LogP contribution in [0.2, 0.25) is 5.02 Å². The van der Waals surface area contributed by atoms with Crippen LogP contribution in [0.4, 0.5) is 14.6 Å². The van der Waals surface area contributed by atoms with Gasteiger partial charge in [0.25, 0.3) is 5.92 Å². The van der Waals surface area contributed by atoms with E-state index in [0.717, 1.165) is 31.4 Å². The molecule has 2 aromatic heterocycles. The van der Waals surface area contributed by atoms with Crippen LogP contribution in [0.1, 0.15) is 51.1 Å². The average molecular weight is 562 g/mol. The van der Waals surface area contributed by atoms with Gasteiger partial charge in [0.15, 0.2) is 17.0 Å². The van der Waals surface area contributed by atoms with Gasteiger partial charge in [-0.05, 0) is 43.9 Å². The molecule has 0 amide bonds. The van der Waals surface area contributed by atoms with Crippen LogP contribution in [-0.2, 0) is 18.3 Å². The summed E-state index contributed by atoms with van der Waals surface area (Å²) in [5, 5.41) is 9.41. The first-order chi connectivity index (χ1) is 18.7. The molecule has 0 radical (unpaired) electrons. The highest BCUT2D eigenvalue weighted by Crippen LogP contribution is 2.57. The molecule has 1 saturated carbocycles. The van der Waals surface area contributed by atoms with E-state index in [-0.39, 0.29) is 30.3 Å². The summed E-state index contributed by atoms with van der Waals surface area (Å²) in [6.07, 6.45) is 2.63. The number of hydrogen-bond acceptors (Lipinski definition) is 7. The quantitative estimate of drug-likeness (QED) is 0.430. The molecule has 6 rings (SSSR count). The zero-order chi connectivity index (χ0) is 27.5. The van der Waals surface area contributed by atoms with Gasteiger partial charge in [-0.2, -0.15) is 4.98 Å². The average Bonchev–Trinajstić information content (AvgIpc) is 3.27. The summed E-state index contributed by atoms with van der Waals surface area (Å²) in [6, 6.07) is 6.72. The highest BCUT2D eigenvalue weighted by atomic mass is 35.5. The molecule has 2 saturated heterocycles. The molecule has 1 aromatic carbocycles. The lowest BCUT2D eigenvalue weighted by molar-refractivity contribution is 0.0340. The number of alkyl halides is 2. The number of hydrogen-bond donors (Lipinski definition) is 0. The normalized spacial score (nSPS) is 27.8. The van der Waals surface area contributed by atoms with E-state index in [1.807, 2.05) is 19.1 Å². The van der Waals surface area contributed by atoms with E-state index in [1.165, 1.54) is 4.57 Å². The van der Waals surface area contributed by atoms with E-state index >= 15 is 0 Å². The second kappa shape index (κ2) is 10.1. The van der Waals surface area contributed by atoms with Crippen LogP contribution in [0.15, 0.2) is 29.1 Å². The van der Waals surface area contributed by atoms with Gasteiger partial charge in [-0.1, -0.05) is 35.9 Å². The molecular weight excluding hydrogens is 528 g/mol. The molecule has 4 heterocycles. The van der Waals surface area contributed by atoms with Crippen molar-refractivity contribution in [2.45, 2.75) is 76.2 Å². The van der Waals surface area contributed by atoms with Crippen molar-refractivity contribution in [1.29, 1.82) is 0 Å². The van der Waals surface area contributed by atoms with Crippen molar-refractivity contribution in [3.63, 3.8) is 0 Å².